The zero-order chi connectivity index (χ0) is 15.5. The normalized spacial score (nSPS) is 10.4. The summed E-state index contributed by atoms with van der Waals surface area (Å²) in [4.78, 5) is 29.0. The molecule has 1 aromatic heterocycles. The third kappa shape index (κ3) is 2.85. The molecule has 0 atom stereocenters. The minimum atomic E-state index is -0.497. The van der Waals surface area contributed by atoms with E-state index in [-0.39, 0.29) is 5.69 Å². The number of benzene rings is 2. The average Bonchev–Trinajstić information content (AvgIpc) is 2.95. The van der Waals surface area contributed by atoms with Crippen LogP contribution in [0.25, 0.3) is 11.0 Å². The Morgan fingerprint density at radius 1 is 1.09 bits per heavy atom. The maximum atomic E-state index is 11.9. The molecule has 0 bridgehead atoms. The number of fused-ring (bicyclic) bond motifs is 1. The van der Waals surface area contributed by atoms with Gasteiger partial charge < -0.3 is 15.6 Å². The van der Waals surface area contributed by atoms with Crippen molar-refractivity contribution in [3.8, 4) is 0 Å². The van der Waals surface area contributed by atoms with Crippen molar-refractivity contribution in [2.45, 2.75) is 0 Å². The Kier molecular flexibility index (Phi) is 3.40. The summed E-state index contributed by atoms with van der Waals surface area (Å²) in [5, 5.41) is 15.8. The number of aromatic amines is 1. The quantitative estimate of drug-likeness (QED) is 0.509. The number of imidazole rings is 1. The molecular formula is C14H11N5O3. The monoisotopic (exact) mass is 297 g/mol. The van der Waals surface area contributed by atoms with Crippen molar-refractivity contribution in [3.63, 3.8) is 0 Å². The Morgan fingerprint density at radius 3 is 2.50 bits per heavy atom. The van der Waals surface area contributed by atoms with E-state index in [1.165, 1.54) is 24.3 Å². The van der Waals surface area contributed by atoms with Crippen molar-refractivity contribution in [2.75, 3.05) is 10.6 Å². The van der Waals surface area contributed by atoms with Gasteiger partial charge in [0.1, 0.15) is 0 Å². The lowest BCUT2D eigenvalue weighted by Crippen LogP contribution is -2.19. The molecule has 8 nitrogen and oxygen atoms in total. The fourth-order valence-electron chi connectivity index (χ4n) is 1.97. The first-order valence-corrected chi connectivity index (χ1v) is 6.37. The van der Waals surface area contributed by atoms with Crippen molar-refractivity contribution < 1.29 is 9.72 Å². The number of hydrogen-bond donors (Lipinski definition) is 3. The summed E-state index contributed by atoms with van der Waals surface area (Å²) >= 11 is 0. The lowest BCUT2D eigenvalue weighted by atomic mass is 10.2. The van der Waals surface area contributed by atoms with Gasteiger partial charge in [0.05, 0.1) is 22.3 Å². The molecule has 2 amide bonds. The van der Waals surface area contributed by atoms with E-state index in [1.807, 2.05) is 0 Å². The number of rotatable bonds is 3. The average molecular weight is 297 g/mol. The first kappa shape index (κ1) is 13.6. The SMILES string of the molecule is O=C(Nc1ccc([N+](=O)[O-])cc1)Nc1ccc2nc[nH]c2c1. The first-order chi connectivity index (χ1) is 10.6. The predicted octanol–water partition coefficient (Wildman–Crippen LogP) is 3.12. The third-order valence-corrected chi connectivity index (χ3v) is 3.01. The highest BCUT2D eigenvalue weighted by Gasteiger charge is 2.07. The number of nitrogens with one attached hydrogen (secondary N) is 3. The van der Waals surface area contributed by atoms with Crippen LogP contribution in [0.4, 0.5) is 21.9 Å². The van der Waals surface area contributed by atoms with E-state index < -0.39 is 11.0 Å². The second-order valence-corrected chi connectivity index (χ2v) is 4.52. The van der Waals surface area contributed by atoms with Gasteiger partial charge in [-0.15, -0.1) is 0 Å². The number of H-pyrrole nitrogens is 1. The lowest BCUT2D eigenvalue weighted by Gasteiger charge is -2.07. The van der Waals surface area contributed by atoms with Crippen LogP contribution in [0.2, 0.25) is 0 Å². The number of hydrogen-bond acceptors (Lipinski definition) is 4. The number of nitrogens with zero attached hydrogens (tertiary/aromatic N) is 2. The van der Waals surface area contributed by atoms with Gasteiger partial charge in [0.25, 0.3) is 5.69 Å². The van der Waals surface area contributed by atoms with E-state index in [0.717, 1.165) is 11.0 Å². The molecule has 0 aliphatic carbocycles. The highest BCUT2D eigenvalue weighted by molar-refractivity contribution is 6.00. The number of amides is 2. The van der Waals surface area contributed by atoms with Crippen LogP contribution in [0.15, 0.2) is 48.8 Å². The van der Waals surface area contributed by atoms with Crippen LogP contribution in [-0.4, -0.2) is 20.9 Å². The molecule has 0 saturated carbocycles. The van der Waals surface area contributed by atoms with Crippen LogP contribution >= 0.6 is 0 Å². The summed E-state index contributed by atoms with van der Waals surface area (Å²) < 4.78 is 0. The molecule has 2 aromatic carbocycles. The molecule has 110 valence electrons. The highest BCUT2D eigenvalue weighted by Crippen LogP contribution is 2.17. The Balaban J connectivity index is 1.67. The molecule has 0 aliphatic rings. The van der Waals surface area contributed by atoms with Crippen LogP contribution in [0.5, 0.6) is 0 Å². The van der Waals surface area contributed by atoms with E-state index >= 15 is 0 Å². The van der Waals surface area contributed by atoms with Crippen LogP contribution in [-0.2, 0) is 0 Å². The van der Waals surface area contributed by atoms with E-state index in [0.29, 0.717) is 11.4 Å². The van der Waals surface area contributed by atoms with Gasteiger partial charge in [-0.3, -0.25) is 10.1 Å². The molecule has 0 saturated heterocycles. The molecular weight excluding hydrogens is 286 g/mol. The van der Waals surface area contributed by atoms with Crippen molar-refractivity contribution in [2.24, 2.45) is 0 Å². The number of nitro groups is 1. The van der Waals surface area contributed by atoms with Gasteiger partial charge in [-0.25, -0.2) is 9.78 Å². The van der Waals surface area contributed by atoms with E-state index in [4.69, 9.17) is 0 Å². The Labute approximate surface area is 124 Å². The molecule has 22 heavy (non-hydrogen) atoms. The van der Waals surface area contributed by atoms with Crippen LogP contribution in [0.3, 0.4) is 0 Å². The van der Waals surface area contributed by atoms with Crippen molar-refractivity contribution in [1.29, 1.82) is 0 Å². The minimum absolute atomic E-state index is 0.0318. The van der Waals surface area contributed by atoms with Crippen molar-refractivity contribution in [1.82, 2.24) is 9.97 Å². The smallest absolute Gasteiger partial charge is 0.323 e. The number of nitro benzene ring substituents is 1. The van der Waals surface area contributed by atoms with Gasteiger partial charge in [-0.05, 0) is 30.3 Å². The number of urea groups is 1. The van der Waals surface area contributed by atoms with Crippen molar-refractivity contribution in [3.05, 3.63) is 58.9 Å². The zero-order valence-corrected chi connectivity index (χ0v) is 11.2. The van der Waals surface area contributed by atoms with E-state index in [9.17, 15) is 14.9 Å². The second-order valence-electron chi connectivity index (χ2n) is 4.52. The molecule has 0 unspecified atom stereocenters. The number of aromatic nitrogens is 2. The molecule has 0 radical (unpaired) electrons. The molecule has 1 heterocycles. The summed E-state index contributed by atoms with van der Waals surface area (Å²) in [6.07, 6.45) is 1.57. The van der Waals surface area contributed by atoms with E-state index in [1.54, 1.807) is 24.5 Å². The fourth-order valence-corrected chi connectivity index (χ4v) is 1.97. The molecule has 8 heteroatoms. The second kappa shape index (κ2) is 5.52. The topological polar surface area (TPSA) is 113 Å². The number of anilines is 2. The van der Waals surface area contributed by atoms with Gasteiger partial charge in [0.2, 0.25) is 0 Å². The van der Waals surface area contributed by atoms with Crippen LogP contribution in [0, 0.1) is 10.1 Å². The van der Waals surface area contributed by atoms with Crippen LogP contribution in [0.1, 0.15) is 0 Å². The lowest BCUT2D eigenvalue weighted by molar-refractivity contribution is -0.384. The maximum absolute atomic E-state index is 11.9. The molecule has 0 fully saturated rings. The largest absolute Gasteiger partial charge is 0.345 e. The summed E-state index contributed by atoms with van der Waals surface area (Å²) in [6, 6.07) is 10.4. The molecule has 0 spiro atoms. The molecule has 3 N–H and O–H groups in total. The van der Waals surface area contributed by atoms with Crippen LogP contribution < -0.4 is 10.6 Å². The van der Waals surface area contributed by atoms with E-state index in [2.05, 4.69) is 20.6 Å². The van der Waals surface area contributed by atoms with Gasteiger partial charge in [0.15, 0.2) is 0 Å². The van der Waals surface area contributed by atoms with Gasteiger partial charge in [-0.2, -0.15) is 0 Å². The Hall–Kier alpha value is -3.42. The summed E-state index contributed by atoms with van der Waals surface area (Å²) in [5.74, 6) is 0. The first-order valence-electron chi connectivity index (χ1n) is 6.37. The maximum Gasteiger partial charge on any atom is 0.323 e. The summed E-state index contributed by atoms with van der Waals surface area (Å²) in [6.45, 7) is 0. The van der Waals surface area contributed by atoms with Gasteiger partial charge in [0, 0.05) is 23.5 Å². The summed E-state index contributed by atoms with van der Waals surface area (Å²) in [7, 11) is 0. The number of non-ortho nitro benzene ring substituents is 1. The summed E-state index contributed by atoms with van der Waals surface area (Å²) in [5.41, 5.74) is 2.66. The minimum Gasteiger partial charge on any atom is -0.345 e. The zero-order valence-electron chi connectivity index (χ0n) is 11.2. The molecule has 0 aliphatic heterocycles. The molecule has 3 aromatic rings. The number of carbonyl (C=O) groups excluding carboxylic acids is 1. The standard InChI is InChI=1S/C14H11N5O3/c20-14(17-9-1-4-11(5-2-9)19(21)22)18-10-3-6-12-13(7-10)16-8-15-12/h1-8H,(H,15,16)(H2,17,18,20). The van der Waals surface area contributed by atoms with Gasteiger partial charge >= 0.3 is 6.03 Å². The predicted molar refractivity (Wildman–Crippen MR) is 81.8 cm³/mol. The molecule has 3 rings (SSSR count). The number of carbonyl (C=O) groups is 1. The fraction of sp³-hybridized carbons (Fsp3) is 0. The van der Waals surface area contributed by atoms with Crippen molar-refractivity contribution >= 4 is 34.1 Å². The highest BCUT2D eigenvalue weighted by atomic mass is 16.6. The third-order valence-electron chi connectivity index (χ3n) is 3.01. The Bertz CT molecular complexity index is 841. The van der Waals surface area contributed by atoms with Gasteiger partial charge in [-0.1, -0.05) is 0 Å². The Morgan fingerprint density at radius 2 is 1.77 bits per heavy atom.